The minimum absolute atomic E-state index is 0.0223. The number of nitrogens with one attached hydrogen (secondary N) is 1. The molecule has 136 valence electrons. The summed E-state index contributed by atoms with van der Waals surface area (Å²) < 4.78 is 0. The van der Waals surface area contributed by atoms with Crippen LogP contribution in [0.25, 0.3) is 0 Å². The van der Waals surface area contributed by atoms with Crippen LogP contribution >= 0.6 is 11.6 Å². The second-order valence-electron chi connectivity index (χ2n) is 5.93. The van der Waals surface area contributed by atoms with Gasteiger partial charge in [-0.05, 0) is 19.2 Å². The van der Waals surface area contributed by atoms with Gasteiger partial charge in [-0.25, -0.2) is 9.97 Å². The van der Waals surface area contributed by atoms with Gasteiger partial charge in [0.2, 0.25) is 0 Å². The largest absolute Gasteiger partial charge is 0.354 e. The Balaban J connectivity index is 1.75. The average molecular weight is 377 g/mol. The van der Waals surface area contributed by atoms with E-state index in [9.17, 15) is 14.9 Å². The molecule has 2 heterocycles. The Morgan fingerprint density at radius 1 is 1.23 bits per heavy atom. The van der Waals surface area contributed by atoms with Crippen molar-refractivity contribution in [2.45, 2.75) is 0 Å². The number of aromatic nitrogens is 2. The quantitative estimate of drug-likeness (QED) is 0.643. The third-order valence-corrected chi connectivity index (χ3v) is 4.45. The van der Waals surface area contributed by atoms with Gasteiger partial charge in [0.1, 0.15) is 23.0 Å². The van der Waals surface area contributed by atoms with E-state index in [1.807, 2.05) is 0 Å². The molecule has 3 rings (SSSR count). The normalized spacial score (nSPS) is 14.9. The molecule has 0 saturated carbocycles. The highest BCUT2D eigenvalue weighted by atomic mass is 35.5. The lowest BCUT2D eigenvalue weighted by Gasteiger charge is -2.33. The van der Waals surface area contributed by atoms with Crippen molar-refractivity contribution < 1.29 is 9.72 Å². The third-order valence-electron chi connectivity index (χ3n) is 4.13. The zero-order valence-electron chi connectivity index (χ0n) is 14.1. The molecule has 1 aromatic carbocycles. The summed E-state index contributed by atoms with van der Waals surface area (Å²) in [6, 6.07) is 5.57. The van der Waals surface area contributed by atoms with E-state index in [-0.39, 0.29) is 16.3 Å². The average Bonchev–Trinajstić information content (AvgIpc) is 2.62. The molecule has 0 bridgehead atoms. The summed E-state index contributed by atoms with van der Waals surface area (Å²) in [5.41, 5.74) is -0.194. The van der Waals surface area contributed by atoms with Gasteiger partial charge in [0.15, 0.2) is 0 Å². The summed E-state index contributed by atoms with van der Waals surface area (Å²) >= 11 is 5.77. The number of anilines is 2. The number of piperazine rings is 1. The van der Waals surface area contributed by atoms with Crippen LogP contribution < -0.4 is 10.2 Å². The molecule has 1 aliphatic heterocycles. The molecule has 0 aliphatic carbocycles. The summed E-state index contributed by atoms with van der Waals surface area (Å²) in [6.45, 7) is 3.54. The van der Waals surface area contributed by atoms with E-state index < -0.39 is 10.8 Å². The molecule has 1 aromatic heterocycles. The Hall–Kier alpha value is -2.78. The first-order chi connectivity index (χ1) is 12.4. The van der Waals surface area contributed by atoms with Gasteiger partial charge in [-0.3, -0.25) is 14.9 Å². The SMILES string of the molecule is CN1CCN(c2cc(NC(=O)c3ccc(Cl)c([N+](=O)[O-])c3)ncn2)CC1. The molecule has 9 nitrogen and oxygen atoms in total. The first kappa shape index (κ1) is 18.0. The number of likely N-dealkylation sites (N-methyl/N-ethyl adjacent to an activating group) is 1. The van der Waals surface area contributed by atoms with E-state index in [0.29, 0.717) is 5.82 Å². The highest BCUT2D eigenvalue weighted by Gasteiger charge is 2.18. The fraction of sp³-hybridized carbons (Fsp3) is 0.312. The van der Waals surface area contributed by atoms with Crippen molar-refractivity contribution in [3.63, 3.8) is 0 Å². The Kier molecular flexibility index (Phi) is 5.29. The van der Waals surface area contributed by atoms with Crippen molar-refractivity contribution >= 4 is 34.8 Å². The Labute approximate surface area is 154 Å². The number of carbonyl (C=O) groups is 1. The van der Waals surface area contributed by atoms with Crippen molar-refractivity contribution in [1.29, 1.82) is 0 Å². The second-order valence-corrected chi connectivity index (χ2v) is 6.34. The molecule has 1 amide bonds. The van der Waals surface area contributed by atoms with Crippen molar-refractivity contribution in [3.05, 3.63) is 51.3 Å². The van der Waals surface area contributed by atoms with Crippen LogP contribution in [0.15, 0.2) is 30.6 Å². The number of halogens is 1. The molecular weight excluding hydrogens is 360 g/mol. The first-order valence-corrected chi connectivity index (χ1v) is 8.32. The summed E-state index contributed by atoms with van der Waals surface area (Å²) in [5.74, 6) is 0.551. The Morgan fingerprint density at radius 3 is 2.65 bits per heavy atom. The fourth-order valence-electron chi connectivity index (χ4n) is 2.61. The fourth-order valence-corrected chi connectivity index (χ4v) is 2.79. The highest BCUT2D eigenvalue weighted by molar-refractivity contribution is 6.32. The predicted octanol–water partition coefficient (Wildman–Crippen LogP) is 2.04. The number of amides is 1. The van der Waals surface area contributed by atoms with Crippen LogP contribution in [0.5, 0.6) is 0 Å². The van der Waals surface area contributed by atoms with Gasteiger partial charge in [0.25, 0.3) is 11.6 Å². The molecule has 10 heteroatoms. The second kappa shape index (κ2) is 7.63. The number of benzene rings is 1. The molecule has 1 N–H and O–H groups in total. The molecule has 2 aromatic rings. The number of nitrogens with zero attached hydrogens (tertiary/aromatic N) is 5. The maximum absolute atomic E-state index is 12.4. The molecule has 1 saturated heterocycles. The summed E-state index contributed by atoms with van der Waals surface area (Å²) in [5, 5.41) is 13.6. The maximum atomic E-state index is 12.4. The standard InChI is InChI=1S/C16H17ClN6O3/c1-21-4-6-22(7-5-21)15-9-14(18-10-19-15)20-16(24)11-2-3-12(17)13(8-11)23(25)26/h2-3,8-10H,4-7H2,1H3,(H,18,19,20,24). The molecule has 26 heavy (non-hydrogen) atoms. The third kappa shape index (κ3) is 4.06. The summed E-state index contributed by atoms with van der Waals surface area (Å²) in [4.78, 5) is 35.4. The lowest BCUT2D eigenvalue weighted by molar-refractivity contribution is -0.384. The van der Waals surface area contributed by atoms with E-state index in [4.69, 9.17) is 11.6 Å². The van der Waals surface area contributed by atoms with Gasteiger partial charge in [-0.2, -0.15) is 0 Å². The summed E-state index contributed by atoms with van der Waals surface area (Å²) in [6.07, 6.45) is 1.38. The van der Waals surface area contributed by atoms with E-state index >= 15 is 0 Å². The zero-order valence-corrected chi connectivity index (χ0v) is 14.8. The van der Waals surface area contributed by atoms with Crippen molar-refractivity contribution in [3.8, 4) is 0 Å². The Morgan fingerprint density at radius 2 is 1.96 bits per heavy atom. The van der Waals surface area contributed by atoms with Gasteiger partial charge in [-0.1, -0.05) is 11.6 Å². The van der Waals surface area contributed by atoms with Gasteiger partial charge in [-0.15, -0.1) is 0 Å². The van der Waals surface area contributed by atoms with Crippen molar-refractivity contribution in [2.24, 2.45) is 0 Å². The van der Waals surface area contributed by atoms with Crippen LogP contribution in [0.3, 0.4) is 0 Å². The summed E-state index contributed by atoms with van der Waals surface area (Å²) in [7, 11) is 2.06. The lowest BCUT2D eigenvalue weighted by Crippen LogP contribution is -2.44. The number of hydrogen-bond acceptors (Lipinski definition) is 7. The number of carbonyl (C=O) groups excluding carboxylic acids is 1. The smallest absolute Gasteiger partial charge is 0.288 e. The number of nitro groups is 1. The van der Waals surface area contributed by atoms with Gasteiger partial charge >= 0.3 is 0 Å². The molecule has 0 spiro atoms. The molecule has 0 unspecified atom stereocenters. The van der Waals surface area contributed by atoms with Crippen molar-refractivity contribution in [2.75, 3.05) is 43.4 Å². The van der Waals surface area contributed by atoms with Crippen LogP contribution in [0.2, 0.25) is 5.02 Å². The van der Waals surface area contributed by atoms with Crippen LogP contribution in [-0.4, -0.2) is 58.9 Å². The lowest BCUT2D eigenvalue weighted by atomic mass is 10.2. The number of nitro benzene ring substituents is 1. The molecule has 1 fully saturated rings. The Bertz CT molecular complexity index is 838. The zero-order chi connectivity index (χ0) is 18.7. The van der Waals surface area contributed by atoms with Crippen molar-refractivity contribution in [1.82, 2.24) is 14.9 Å². The van der Waals surface area contributed by atoms with Crippen LogP contribution in [0.4, 0.5) is 17.3 Å². The maximum Gasteiger partial charge on any atom is 0.288 e. The monoisotopic (exact) mass is 376 g/mol. The van der Waals surface area contributed by atoms with Crippen LogP contribution in [0, 0.1) is 10.1 Å². The number of rotatable bonds is 4. The van der Waals surface area contributed by atoms with Crippen LogP contribution in [0.1, 0.15) is 10.4 Å². The topological polar surface area (TPSA) is 104 Å². The number of hydrogen-bond donors (Lipinski definition) is 1. The molecule has 1 aliphatic rings. The molecule has 0 atom stereocenters. The predicted molar refractivity (Wildman–Crippen MR) is 97.8 cm³/mol. The molecular formula is C16H17ClN6O3. The molecule has 0 radical (unpaired) electrons. The first-order valence-electron chi connectivity index (χ1n) is 7.95. The highest BCUT2D eigenvalue weighted by Crippen LogP contribution is 2.25. The van der Waals surface area contributed by atoms with Gasteiger partial charge in [0, 0.05) is 43.9 Å². The van der Waals surface area contributed by atoms with Crippen LogP contribution in [-0.2, 0) is 0 Å². The van der Waals surface area contributed by atoms with Gasteiger partial charge < -0.3 is 15.1 Å². The van der Waals surface area contributed by atoms with E-state index in [0.717, 1.165) is 38.1 Å². The van der Waals surface area contributed by atoms with Gasteiger partial charge in [0.05, 0.1) is 4.92 Å². The minimum atomic E-state index is -0.630. The van der Waals surface area contributed by atoms with E-state index in [1.54, 1.807) is 6.07 Å². The van der Waals surface area contributed by atoms with E-state index in [2.05, 4.69) is 32.1 Å². The van der Waals surface area contributed by atoms with E-state index in [1.165, 1.54) is 18.5 Å². The minimum Gasteiger partial charge on any atom is -0.354 e.